The minimum Gasteiger partial charge on any atom is -0.477 e. The fourth-order valence-electron chi connectivity index (χ4n) is 2.40. The van der Waals surface area contributed by atoms with Gasteiger partial charge in [0.15, 0.2) is 0 Å². The van der Waals surface area contributed by atoms with Gasteiger partial charge in [-0.15, -0.1) is 11.3 Å². The van der Waals surface area contributed by atoms with Crippen molar-refractivity contribution in [2.24, 2.45) is 0 Å². The molecular formula is C17H8F6O4S. The topological polar surface area (TPSA) is 63.6 Å². The van der Waals surface area contributed by atoms with E-state index in [0.29, 0.717) is 15.5 Å². The van der Waals surface area contributed by atoms with Crippen LogP contribution in [0.2, 0.25) is 0 Å². The highest BCUT2D eigenvalue weighted by Crippen LogP contribution is 2.46. The first-order valence-electron chi connectivity index (χ1n) is 7.40. The third-order valence-electron chi connectivity index (χ3n) is 3.87. The monoisotopic (exact) mass is 422 g/mol. The van der Waals surface area contributed by atoms with E-state index in [9.17, 15) is 35.9 Å². The zero-order chi connectivity index (χ0) is 20.9. The molecule has 0 saturated heterocycles. The number of fused-ring (bicyclic) bond motifs is 3. The molecule has 0 spiro atoms. The van der Waals surface area contributed by atoms with Crippen molar-refractivity contribution >= 4 is 43.4 Å². The molecule has 0 saturated carbocycles. The van der Waals surface area contributed by atoms with Gasteiger partial charge in [-0.1, -0.05) is 18.2 Å². The van der Waals surface area contributed by atoms with Gasteiger partial charge in [0, 0.05) is 20.2 Å². The van der Waals surface area contributed by atoms with Gasteiger partial charge in [-0.25, -0.2) is 9.59 Å². The van der Waals surface area contributed by atoms with Gasteiger partial charge in [-0.2, -0.15) is 26.3 Å². The predicted octanol–water partition coefficient (Wildman–Crippen LogP) is 4.95. The van der Waals surface area contributed by atoms with Gasteiger partial charge in [0.1, 0.15) is 5.75 Å². The summed E-state index contributed by atoms with van der Waals surface area (Å²) in [6, 6.07) is 10.4. The summed E-state index contributed by atoms with van der Waals surface area (Å²) >= 11 is 1.33. The summed E-state index contributed by atoms with van der Waals surface area (Å²) < 4.78 is 85.9. The molecule has 0 unspecified atom stereocenters. The normalized spacial score (nSPS) is 13.1. The molecule has 0 bridgehead atoms. The van der Waals surface area contributed by atoms with Crippen LogP contribution in [0.1, 0.15) is 0 Å². The summed E-state index contributed by atoms with van der Waals surface area (Å²) in [6.45, 7) is 0. The molecule has 28 heavy (non-hydrogen) atoms. The van der Waals surface area contributed by atoms with E-state index in [4.69, 9.17) is 5.11 Å². The Bertz CT molecular complexity index is 1090. The third-order valence-corrected chi connectivity index (χ3v) is 5.02. The highest BCUT2D eigenvalue weighted by atomic mass is 32.1. The molecule has 11 heteroatoms. The van der Waals surface area contributed by atoms with Gasteiger partial charge >= 0.3 is 29.7 Å². The van der Waals surface area contributed by atoms with Gasteiger partial charge in [0.2, 0.25) is 0 Å². The Morgan fingerprint density at radius 2 is 1.46 bits per heavy atom. The molecule has 0 aliphatic rings. The minimum absolute atomic E-state index is 0.469. The van der Waals surface area contributed by atoms with Gasteiger partial charge in [-0.3, -0.25) is 0 Å². The van der Waals surface area contributed by atoms with E-state index in [-0.39, 0.29) is 0 Å². The van der Waals surface area contributed by atoms with Crippen molar-refractivity contribution < 1.29 is 45.8 Å². The fraction of sp³-hybridized carbons (Fsp3) is 0.176. The second kappa shape index (κ2) is 6.36. The lowest BCUT2D eigenvalue weighted by Gasteiger charge is -2.28. The van der Waals surface area contributed by atoms with Gasteiger partial charge in [-0.05, 0) is 24.3 Å². The summed E-state index contributed by atoms with van der Waals surface area (Å²) in [6.07, 6.45) is 0. The van der Waals surface area contributed by atoms with Crippen LogP contribution in [0.4, 0.5) is 26.3 Å². The molecule has 148 valence electrons. The maximum atomic E-state index is 13.7. The number of carboxylic acids is 1. The zero-order valence-corrected chi connectivity index (χ0v) is 14.2. The van der Waals surface area contributed by atoms with Crippen molar-refractivity contribution in [3.05, 3.63) is 42.5 Å². The quantitative estimate of drug-likeness (QED) is 0.359. The second-order valence-corrected chi connectivity index (χ2v) is 6.76. The first-order valence-corrected chi connectivity index (χ1v) is 8.21. The molecule has 0 amide bonds. The second-order valence-electron chi connectivity index (χ2n) is 5.67. The molecule has 1 aromatic heterocycles. The summed E-state index contributed by atoms with van der Waals surface area (Å²) in [4.78, 5) is 21.7. The number of esters is 1. The molecule has 2 aromatic carbocycles. The Balaban J connectivity index is 1.95. The number of rotatable bonds is 5. The molecule has 0 fully saturated rings. The van der Waals surface area contributed by atoms with Gasteiger partial charge in [0.05, 0.1) is 0 Å². The Kier molecular flexibility index (Phi) is 4.53. The van der Waals surface area contributed by atoms with Crippen molar-refractivity contribution in [1.29, 1.82) is 0 Å². The number of aliphatic carboxylic acids is 1. The van der Waals surface area contributed by atoms with E-state index in [0.717, 1.165) is 16.8 Å². The fourth-order valence-corrected chi connectivity index (χ4v) is 3.49. The van der Waals surface area contributed by atoms with Crippen LogP contribution in [0.25, 0.3) is 20.2 Å². The highest BCUT2D eigenvalue weighted by molar-refractivity contribution is 7.25. The molecule has 0 aliphatic heterocycles. The van der Waals surface area contributed by atoms with Crippen LogP contribution in [0.3, 0.4) is 0 Å². The number of alkyl halides is 6. The van der Waals surface area contributed by atoms with Crippen molar-refractivity contribution in [1.82, 2.24) is 0 Å². The van der Waals surface area contributed by atoms with Crippen LogP contribution >= 0.6 is 11.3 Å². The smallest absolute Gasteiger partial charge is 0.411 e. The van der Waals surface area contributed by atoms with E-state index in [2.05, 4.69) is 4.74 Å². The first-order chi connectivity index (χ1) is 12.9. The molecular weight excluding hydrogens is 414 g/mol. The van der Waals surface area contributed by atoms with Crippen molar-refractivity contribution in [3.63, 3.8) is 0 Å². The first kappa shape index (κ1) is 19.9. The summed E-state index contributed by atoms with van der Waals surface area (Å²) in [5.74, 6) is -25.9. The number of hydrogen-bond acceptors (Lipinski definition) is 4. The average molecular weight is 422 g/mol. The van der Waals surface area contributed by atoms with E-state index >= 15 is 0 Å². The third kappa shape index (κ3) is 2.86. The number of benzene rings is 2. The largest absolute Gasteiger partial charge is 0.477 e. The number of ether oxygens (including phenoxy) is 1. The van der Waals surface area contributed by atoms with Crippen molar-refractivity contribution in [2.75, 3.05) is 0 Å². The van der Waals surface area contributed by atoms with Crippen LogP contribution in [0, 0.1) is 0 Å². The Morgan fingerprint density at radius 3 is 2.11 bits per heavy atom. The Labute approximate surface area is 155 Å². The lowest BCUT2D eigenvalue weighted by Crippen LogP contribution is -2.61. The minimum atomic E-state index is -6.51. The van der Waals surface area contributed by atoms with Crippen LogP contribution < -0.4 is 4.74 Å². The summed E-state index contributed by atoms with van der Waals surface area (Å²) in [7, 11) is 0. The number of thiophene rings is 1. The van der Waals surface area contributed by atoms with Crippen LogP contribution in [0.5, 0.6) is 5.75 Å². The Morgan fingerprint density at radius 1 is 0.857 bits per heavy atom. The number of carboxylic acid groups (broad SMARTS) is 1. The molecule has 4 nitrogen and oxygen atoms in total. The summed E-state index contributed by atoms with van der Waals surface area (Å²) in [5, 5.41) is 9.24. The zero-order valence-electron chi connectivity index (χ0n) is 13.4. The van der Waals surface area contributed by atoms with Gasteiger partial charge < -0.3 is 9.84 Å². The lowest BCUT2D eigenvalue weighted by molar-refractivity contribution is -0.297. The molecule has 0 radical (unpaired) electrons. The van der Waals surface area contributed by atoms with Crippen molar-refractivity contribution in [2.45, 2.75) is 17.8 Å². The van der Waals surface area contributed by atoms with E-state index in [1.54, 1.807) is 24.3 Å². The maximum absolute atomic E-state index is 13.7. The number of carbonyl (C=O) groups is 2. The van der Waals surface area contributed by atoms with Crippen LogP contribution in [0.15, 0.2) is 42.5 Å². The van der Waals surface area contributed by atoms with E-state index in [1.165, 1.54) is 17.4 Å². The average Bonchev–Trinajstić information content (AvgIpc) is 2.99. The molecule has 0 atom stereocenters. The van der Waals surface area contributed by atoms with Gasteiger partial charge in [0.25, 0.3) is 0 Å². The SMILES string of the molecule is O=C(O)C(F)(F)C(F)(F)C(F)(F)C(=O)Oc1ccc2sc3ccccc3c2c1. The van der Waals surface area contributed by atoms with Crippen LogP contribution in [-0.4, -0.2) is 34.8 Å². The maximum Gasteiger partial charge on any atom is 0.411 e. The van der Waals surface area contributed by atoms with E-state index in [1.807, 2.05) is 0 Å². The molecule has 3 aromatic rings. The van der Waals surface area contributed by atoms with Crippen molar-refractivity contribution in [3.8, 4) is 5.75 Å². The van der Waals surface area contributed by atoms with Crippen LogP contribution in [-0.2, 0) is 9.59 Å². The standard InChI is InChI=1S/C17H8F6O4S/c18-15(19,13(24)25)17(22,23)16(20,21)14(26)27-8-5-6-12-10(7-8)9-3-1-2-4-11(9)28-12/h1-7H,(H,24,25). The molecule has 1 N–H and O–H groups in total. The van der Waals surface area contributed by atoms with E-state index < -0.39 is 35.5 Å². The molecule has 1 heterocycles. The highest BCUT2D eigenvalue weighted by Gasteiger charge is 2.79. The Hall–Kier alpha value is -2.82. The lowest BCUT2D eigenvalue weighted by atomic mass is 10.0. The number of hydrogen-bond donors (Lipinski definition) is 1. The predicted molar refractivity (Wildman–Crippen MR) is 87.4 cm³/mol. The molecule has 3 rings (SSSR count). The molecule has 0 aliphatic carbocycles. The number of halogens is 6. The number of carbonyl (C=O) groups excluding carboxylic acids is 1. The summed E-state index contributed by atoms with van der Waals surface area (Å²) in [5.41, 5.74) is 0.